The Morgan fingerprint density at radius 3 is 2.10 bits per heavy atom. The SMILES string of the molecule is COc1ccc(C=C2C(=O)N(C)C(=S)N(c3ccccc3)C2=O)c(OC)c1OC. The molecule has 2 aromatic rings. The number of carbonyl (C=O) groups excluding carboxylic acids is 2. The Morgan fingerprint density at radius 2 is 1.52 bits per heavy atom. The minimum atomic E-state index is -0.513. The van der Waals surface area contributed by atoms with E-state index in [0.717, 1.165) is 0 Å². The number of rotatable bonds is 5. The van der Waals surface area contributed by atoms with E-state index in [1.807, 2.05) is 6.07 Å². The van der Waals surface area contributed by atoms with Gasteiger partial charge in [0.1, 0.15) is 5.57 Å². The van der Waals surface area contributed by atoms with Crippen LogP contribution in [0.2, 0.25) is 0 Å². The zero-order chi connectivity index (χ0) is 21.1. The van der Waals surface area contributed by atoms with Crippen molar-refractivity contribution >= 4 is 40.9 Å². The van der Waals surface area contributed by atoms with Gasteiger partial charge in [0, 0.05) is 12.6 Å². The minimum absolute atomic E-state index is 0.0459. The van der Waals surface area contributed by atoms with Gasteiger partial charge in [-0.05, 0) is 42.6 Å². The third-order valence-electron chi connectivity index (χ3n) is 4.50. The lowest BCUT2D eigenvalue weighted by Crippen LogP contribution is -2.54. The van der Waals surface area contributed by atoms with Gasteiger partial charge in [-0.15, -0.1) is 0 Å². The highest BCUT2D eigenvalue weighted by Crippen LogP contribution is 2.41. The molecule has 0 bridgehead atoms. The molecule has 2 amide bonds. The van der Waals surface area contributed by atoms with Gasteiger partial charge in [0.2, 0.25) is 5.75 Å². The van der Waals surface area contributed by atoms with Crippen molar-refractivity contribution in [3.8, 4) is 17.2 Å². The Hall–Kier alpha value is -3.39. The van der Waals surface area contributed by atoms with E-state index < -0.39 is 11.8 Å². The first-order valence-electron chi connectivity index (χ1n) is 8.66. The number of methoxy groups -OCH3 is 3. The zero-order valence-electron chi connectivity index (χ0n) is 16.5. The van der Waals surface area contributed by atoms with E-state index in [4.69, 9.17) is 26.4 Å². The Bertz CT molecular complexity index is 1000. The summed E-state index contributed by atoms with van der Waals surface area (Å²) in [6.07, 6.45) is 1.47. The normalized spacial score (nSPS) is 15.7. The Morgan fingerprint density at radius 1 is 0.862 bits per heavy atom. The van der Waals surface area contributed by atoms with E-state index in [1.54, 1.807) is 36.4 Å². The molecule has 0 aliphatic carbocycles. The highest BCUT2D eigenvalue weighted by atomic mass is 32.1. The fraction of sp³-hybridized carbons (Fsp3) is 0.190. The number of carbonyl (C=O) groups is 2. The van der Waals surface area contributed by atoms with Gasteiger partial charge in [0.25, 0.3) is 11.8 Å². The van der Waals surface area contributed by atoms with Crippen molar-refractivity contribution in [3.63, 3.8) is 0 Å². The van der Waals surface area contributed by atoms with Gasteiger partial charge in [-0.25, -0.2) is 0 Å². The molecule has 0 spiro atoms. The number of benzene rings is 2. The smallest absolute Gasteiger partial charge is 0.270 e. The Kier molecular flexibility index (Phi) is 5.84. The molecular formula is C21H20N2O5S. The van der Waals surface area contributed by atoms with Crippen molar-refractivity contribution in [1.29, 1.82) is 0 Å². The second kappa shape index (κ2) is 8.32. The summed E-state index contributed by atoms with van der Waals surface area (Å²) in [6.45, 7) is 0. The monoisotopic (exact) mass is 412 g/mol. The molecule has 8 heteroatoms. The number of ether oxygens (including phenoxy) is 3. The van der Waals surface area contributed by atoms with Crippen LogP contribution in [0.5, 0.6) is 17.2 Å². The summed E-state index contributed by atoms with van der Waals surface area (Å²) in [5.41, 5.74) is 1.03. The Labute approximate surface area is 174 Å². The van der Waals surface area contributed by atoms with Gasteiger partial charge in [0.05, 0.1) is 27.0 Å². The topological polar surface area (TPSA) is 68.3 Å². The largest absolute Gasteiger partial charge is 0.493 e. The molecule has 1 heterocycles. The van der Waals surface area contributed by atoms with Gasteiger partial charge < -0.3 is 14.2 Å². The van der Waals surface area contributed by atoms with Crippen molar-refractivity contribution in [3.05, 3.63) is 53.6 Å². The third-order valence-corrected chi connectivity index (χ3v) is 4.95. The first-order valence-corrected chi connectivity index (χ1v) is 9.07. The molecule has 1 saturated heterocycles. The summed E-state index contributed by atoms with van der Waals surface area (Å²) in [6, 6.07) is 12.3. The predicted octanol–water partition coefficient (Wildman–Crippen LogP) is 2.89. The molecule has 0 atom stereocenters. The lowest BCUT2D eigenvalue weighted by atomic mass is 10.0. The maximum atomic E-state index is 13.2. The number of para-hydroxylation sites is 1. The Balaban J connectivity index is 2.14. The summed E-state index contributed by atoms with van der Waals surface area (Å²) in [5, 5.41) is 0.114. The standard InChI is InChI=1S/C21H20N2O5S/c1-22-19(24)15(20(25)23(21(22)29)14-8-6-5-7-9-14)12-13-10-11-16(26-2)18(28-4)17(13)27-3/h5-12H,1-4H3. The van der Waals surface area contributed by atoms with Crippen molar-refractivity contribution < 1.29 is 23.8 Å². The molecule has 1 fully saturated rings. The molecule has 150 valence electrons. The molecule has 0 aromatic heterocycles. The van der Waals surface area contributed by atoms with Crippen LogP contribution < -0.4 is 19.1 Å². The average molecular weight is 412 g/mol. The number of hydrogen-bond acceptors (Lipinski definition) is 6. The maximum absolute atomic E-state index is 13.2. The van der Waals surface area contributed by atoms with E-state index in [2.05, 4.69) is 0 Å². The number of hydrogen-bond donors (Lipinski definition) is 0. The molecule has 0 saturated carbocycles. The zero-order valence-corrected chi connectivity index (χ0v) is 17.3. The molecule has 0 unspecified atom stereocenters. The highest BCUT2D eigenvalue weighted by molar-refractivity contribution is 7.80. The molecule has 1 aliphatic heterocycles. The van der Waals surface area contributed by atoms with Crippen LogP contribution in [0.25, 0.3) is 6.08 Å². The van der Waals surface area contributed by atoms with Crippen LogP contribution in [0, 0.1) is 0 Å². The van der Waals surface area contributed by atoms with Crippen LogP contribution in [0.15, 0.2) is 48.0 Å². The van der Waals surface area contributed by atoms with E-state index in [9.17, 15) is 9.59 Å². The average Bonchev–Trinajstić information content (AvgIpc) is 2.75. The van der Waals surface area contributed by atoms with Crippen LogP contribution in [-0.4, -0.2) is 50.2 Å². The van der Waals surface area contributed by atoms with Gasteiger partial charge >= 0.3 is 0 Å². The first-order chi connectivity index (χ1) is 13.9. The molecule has 29 heavy (non-hydrogen) atoms. The molecule has 1 aliphatic rings. The molecule has 7 nitrogen and oxygen atoms in total. The van der Waals surface area contributed by atoms with Gasteiger partial charge in [-0.1, -0.05) is 18.2 Å². The molecular weight excluding hydrogens is 392 g/mol. The summed E-state index contributed by atoms with van der Waals surface area (Å²) < 4.78 is 16.1. The van der Waals surface area contributed by atoms with Crippen molar-refractivity contribution in [2.45, 2.75) is 0 Å². The highest BCUT2D eigenvalue weighted by Gasteiger charge is 2.38. The second-order valence-electron chi connectivity index (χ2n) is 6.10. The van der Waals surface area contributed by atoms with Gasteiger partial charge in [0.15, 0.2) is 16.6 Å². The number of nitrogens with zero attached hydrogens (tertiary/aromatic N) is 2. The van der Waals surface area contributed by atoms with E-state index in [1.165, 1.54) is 44.3 Å². The summed E-state index contributed by atoms with van der Waals surface area (Å²) >= 11 is 5.35. The third kappa shape index (κ3) is 3.54. The number of likely N-dealkylation sites (N-methyl/N-ethyl adjacent to an activating group) is 1. The van der Waals surface area contributed by atoms with E-state index in [0.29, 0.717) is 28.5 Å². The van der Waals surface area contributed by atoms with Crippen LogP contribution in [0.3, 0.4) is 0 Å². The number of anilines is 1. The lowest BCUT2D eigenvalue weighted by Gasteiger charge is -2.34. The molecule has 3 rings (SSSR count). The quantitative estimate of drug-likeness (QED) is 0.427. The fourth-order valence-electron chi connectivity index (χ4n) is 3.04. The lowest BCUT2D eigenvalue weighted by molar-refractivity contribution is -0.127. The number of thiocarbonyl (C=S) groups is 1. The second-order valence-corrected chi connectivity index (χ2v) is 6.47. The first kappa shape index (κ1) is 20.3. The van der Waals surface area contributed by atoms with Gasteiger partial charge in [-0.3, -0.25) is 19.4 Å². The summed E-state index contributed by atoms with van der Waals surface area (Å²) in [4.78, 5) is 28.6. The minimum Gasteiger partial charge on any atom is -0.493 e. The predicted molar refractivity (Wildman–Crippen MR) is 113 cm³/mol. The van der Waals surface area contributed by atoms with Crippen LogP contribution >= 0.6 is 12.2 Å². The van der Waals surface area contributed by atoms with Crippen molar-refractivity contribution in [2.75, 3.05) is 33.3 Å². The maximum Gasteiger partial charge on any atom is 0.270 e. The molecule has 2 aromatic carbocycles. The summed E-state index contributed by atoms with van der Waals surface area (Å²) in [7, 11) is 6.00. The van der Waals surface area contributed by atoms with Crippen molar-refractivity contribution in [2.24, 2.45) is 0 Å². The van der Waals surface area contributed by atoms with Crippen LogP contribution in [0.4, 0.5) is 5.69 Å². The van der Waals surface area contributed by atoms with Crippen LogP contribution in [-0.2, 0) is 9.59 Å². The van der Waals surface area contributed by atoms with Crippen molar-refractivity contribution in [1.82, 2.24) is 4.90 Å². The molecule has 0 N–H and O–H groups in total. The summed E-state index contributed by atoms with van der Waals surface area (Å²) in [5.74, 6) is 0.174. The fourth-order valence-corrected chi connectivity index (χ4v) is 3.31. The van der Waals surface area contributed by atoms with E-state index in [-0.39, 0.29) is 10.7 Å². The van der Waals surface area contributed by atoms with Crippen LogP contribution in [0.1, 0.15) is 5.56 Å². The van der Waals surface area contributed by atoms with Gasteiger partial charge in [-0.2, -0.15) is 0 Å². The van der Waals surface area contributed by atoms with E-state index >= 15 is 0 Å². The molecule has 0 radical (unpaired) electrons. The number of amides is 2.